The molecule has 3 aromatic rings. The molecule has 1 saturated heterocycles. The number of anilines is 2. The average molecular weight is 470 g/mol. The van der Waals surface area contributed by atoms with E-state index in [2.05, 4.69) is 35.3 Å². The Morgan fingerprint density at radius 2 is 1.76 bits per heavy atom. The number of carbonyl (C=O) groups excluding carboxylic acids is 1. The minimum absolute atomic E-state index is 0.191. The van der Waals surface area contributed by atoms with Gasteiger partial charge in [-0.1, -0.05) is 60.2 Å². The first-order chi connectivity index (χ1) is 16.5. The molecule has 0 bridgehead atoms. The summed E-state index contributed by atoms with van der Waals surface area (Å²) in [5.74, 6) is -0.191. The van der Waals surface area contributed by atoms with Crippen molar-refractivity contribution in [1.29, 1.82) is 5.26 Å². The number of rotatable bonds is 3. The first kappa shape index (κ1) is 22.2. The van der Waals surface area contributed by atoms with Crippen molar-refractivity contribution >= 4 is 35.0 Å². The average Bonchev–Trinajstić information content (AvgIpc) is 2.88. The van der Waals surface area contributed by atoms with E-state index in [9.17, 15) is 15.2 Å². The smallest absolute Gasteiger partial charge is 0.255 e. The Balaban J connectivity index is 1.36. The summed E-state index contributed by atoms with van der Waals surface area (Å²) in [7, 11) is 0. The normalized spacial score (nSPS) is 16.6. The van der Waals surface area contributed by atoms with Gasteiger partial charge in [-0.2, -0.15) is 5.26 Å². The Bertz CT molecular complexity index is 1320. The molecule has 0 saturated carbocycles. The van der Waals surface area contributed by atoms with E-state index in [0.29, 0.717) is 54.2 Å². The number of amides is 1. The third kappa shape index (κ3) is 3.96. The second-order valence-electron chi connectivity index (χ2n) is 8.72. The van der Waals surface area contributed by atoms with Crippen LogP contribution >= 0.6 is 11.6 Å². The third-order valence-electron chi connectivity index (χ3n) is 6.73. The van der Waals surface area contributed by atoms with E-state index in [1.165, 1.54) is 0 Å². The zero-order valence-electron chi connectivity index (χ0n) is 18.6. The molecule has 2 heterocycles. The summed E-state index contributed by atoms with van der Waals surface area (Å²) in [6.45, 7) is 1.47. The maximum atomic E-state index is 13.3. The van der Waals surface area contributed by atoms with E-state index in [1.54, 1.807) is 23.1 Å². The van der Waals surface area contributed by atoms with Crippen molar-refractivity contribution in [3.63, 3.8) is 0 Å². The fraction of sp³-hybridized carbons (Fsp3) is 0.214. The van der Waals surface area contributed by atoms with Gasteiger partial charge in [0.1, 0.15) is 6.07 Å². The van der Waals surface area contributed by atoms with Crippen LogP contribution in [-0.2, 0) is 5.60 Å². The van der Waals surface area contributed by atoms with Crippen LogP contribution in [0.5, 0.6) is 0 Å². The number of halogens is 1. The topological polar surface area (TPSA) is 67.6 Å². The lowest BCUT2D eigenvalue weighted by Crippen LogP contribution is -2.45. The van der Waals surface area contributed by atoms with E-state index in [4.69, 9.17) is 11.6 Å². The molecule has 0 radical (unpaired) electrons. The fourth-order valence-electron chi connectivity index (χ4n) is 4.84. The summed E-state index contributed by atoms with van der Waals surface area (Å²) in [6.07, 6.45) is 4.95. The molecule has 1 N–H and O–H groups in total. The SMILES string of the molecule is N#Cc1cc(N2CC=Cc3ccccc32)ccc1C(=O)N1CCC(O)(c2ccccc2Cl)CC1. The molecule has 1 amide bonds. The van der Waals surface area contributed by atoms with Gasteiger partial charge in [-0.25, -0.2) is 0 Å². The number of hydrogen-bond donors (Lipinski definition) is 1. The van der Waals surface area contributed by atoms with Crippen LogP contribution in [-0.4, -0.2) is 35.5 Å². The van der Waals surface area contributed by atoms with Gasteiger partial charge >= 0.3 is 0 Å². The number of fused-ring (bicyclic) bond motifs is 1. The van der Waals surface area contributed by atoms with Crippen LogP contribution in [0.4, 0.5) is 11.4 Å². The van der Waals surface area contributed by atoms with Crippen LogP contribution in [0.2, 0.25) is 5.02 Å². The molecule has 1 fully saturated rings. The minimum atomic E-state index is -1.06. The van der Waals surface area contributed by atoms with E-state index in [-0.39, 0.29) is 5.91 Å². The first-order valence-corrected chi connectivity index (χ1v) is 11.7. The standard InChI is InChI=1S/C28H24ClN3O2/c29-25-9-3-2-8-24(25)28(34)13-16-31(17-14-28)27(33)23-12-11-22(18-21(23)19-30)32-15-5-7-20-6-1-4-10-26(20)32/h1-12,18,34H,13-17H2. The largest absolute Gasteiger partial charge is 0.385 e. The monoisotopic (exact) mass is 469 g/mol. The molecule has 0 aliphatic carbocycles. The Kier molecular flexibility index (Phi) is 5.87. The summed E-state index contributed by atoms with van der Waals surface area (Å²) in [5, 5.41) is 21.5. The van der Waals surface area contributed by atoms with Gasteiger partial charge in [-0.15, -0.1) is 0 Å². The maximum absolute atomic E-state index is 13.3. The van der Waals surface area contributed by atoms with Gasteiger partial charge in [-0.05, 0) is 48.7 Å². The Labute approximate surface area is 204 Å². The van der Waals surface area contributed by atoms with Crippen LogP contribution in [0.3, 0.4) is 0 Å². The van der Waals surface area contributed by atoms with Crippen molar-refractivity contribution in [2.45, 2.75) is 18.4 Å². The molecule has 0 aromatic heterocycles. The number of nitriles is 1. The molecule has 0 spiro atoms. The van der Waals surface area contributed by atoms with E-state index >= 15 is 0 Å². The van der Waals surface area contributed by atoms with Crippen molar-refractivity contribution in [3.05, 3.63) is 100 Å². The van der Waals surface area contributed by atoms with Crippen LogP contribution in [0.25, 0.3) is 6.08 Å². The molecule has 0 unspecified atom stereocenters. The van der Waals surface area contributed by atoms with Crippen LogP contribution in [0.1, 0.15) is 39.9 Å². The molecular formula is C28H24ClN3O2. The summed E-state index contributed by atoms with van der Waals surface area (Å²) < 4.78 is 0. The molecule has 3 aromatic carbocycles. The molecule has 5 rings (SSSR count). The number of nitrogens with zero attached hydrogens (tertiary/aromatic N) is 3. The predicted molar refractivity (Wildman–Crippen MR) is 134 cm³/mol. The number of carbonyl (C=O) groups is 1. The van der Waals surface area contributed by atoms with Crippen molar-refractivity contribution < 1.29 is 9.90 Å². The lowest BCUT2D eigenvalue weighted by molar-refractivity contribution is -0.0210. The molecular weight excluding hydrogens is 446 g/mol. The molecule has 0 atom stereocenters. The zero-order chi connectivity index (χ0) is 23.7. The van der Waals surface area contributed by atoms with Crippen LogP contribution in [0, 0.1) is 11.3 Å². The van der Waals surface area contributed by atoms with Gasteiger partial charge in [0.15, 0.2) is 0 Å². The minimum Gasteiger partial charge on any atom is -0.385 e. The lowest BCUT2D eigenvalue weighted by atomic mass is 9.84. The molecule has 2 aliphatic heterocycles. The summed E-state index contributed by atoms with van der Waals surface area (Å²) in [5.41, 5.74) is 3.43. The van der Waals surface area contributed by atoms with Crippen molar-refractivity contribution in [1.82, 2.24) is 4.90 Å². The van der Waals surface area contributed by atoms with E-state index in [1.807, 2.05) is 36.4 Å². The third-order valence-corrected chi connectivity index (χ3v) is 7.06. The van der Waals surface area contributed by atoms with Gasteiger partial charge in [0.2, 0.25) is 0 Å². The molecule has 2 aliphatic rings. The van der Waals surface area contributed by atoms with Crippen LogP contribution < -0.4 is 4.90 Å². The molecule has 5 nitrogen and oxygen atoms in total. The van der Waals surface area contributed by atoms with Gasteiger partial charge in [-0.3, -0.25) is 4.79 Å². The Hall–Kier alpha value is -3.59. The van der Waals surface area contributed by atoms with Crippen molar-refractivity contribution in [2.24, 2.45) is 0 Å². The van der Waals surface area contributed by atoms with Gasteiger partial charge in [0.05, 0.1) is 16.7 Å². The van der Waals surface area contributed by atoms with Gasteiger partial charge in [0.25, 0.3) is 5.91 Å². The van der Waals surface area contributed by atoms with Crippen molar-refractivity contribution in [2.75, 3.05) is 24.5 Å². The number of aliphatic hydroxyl groups is 1. The second kappa shape index (κ2) is 8.98. The highest BCUT2D eigenvalue weighted by Crippen LogP contribution is 2.38. The predicted octanol–water partition coefficient (Wildman–Crippen LogP) is 5.50. The number of piperidine rings is 1. The van der Waals surface area contributed by atoms with E-state index < -0.39 is 5.60 Å². The number of hydrogen-bond acceptors (Lipinski definition) is 4. The van der Waals surface area contributed by atoms with Crippen LogP contribution in [0.15, 0.2) is 72.8 Å². The Morgan fingerprint density at radius 3 is 2.53 bits per heavy atom. The highest BCUT2D eigenvalue weighted by atomic mass is 35.5. The maximum Gasteiger partial charge on any atom is 0.255 e. The zero-order valence-corrected chi connectivity index (χ0v) is 19.4. The highest BCUT2D eigenvalue weighted by Gasteiger charge is 2.37. The number of benzene rings is 3. The number of likely N-dealkylation sites (tertiary alicyclic amines) is 1. The van der Waals surface area contributed by atoms with Gasteiger partial charge in [0, 0.05) is 41.6 Å². The summed E-state index contributed by atoms with van der Waals surface area (Å²) in [6, 6.07) is 23.0. The number of para-hydroxylation sites is 1. The second-order valence-corrected chi connectivity index (χ2v) is 9.12. The quantitative estimate of drug-likeness (QED) is 0.550. The van der Waals surface area contributed by atoms with Crippen molar-refractivity contribution in [3.8, 4) is 6.07 Å². The lowest BCUT2D eigenvalue weighted by Gasteiger charge is -2.39. The first-order valence-electron chi connectivity index (χ1n) is 11.3. The van der Waals surface area contributed by atoms with E-state index in [0.717, 1.165) is 16.9 Å². The summed E-state index contributed by atoms with van der Waals surface area (Å²) in [4.78, 5) is 17.2. The molecule has 170 valence electrons. The highest BCUT2D eigenvalue weighted by molar-refractivity contribution is 6.31. The Morgan fingerprint density at radius 1 is 1.03 bits per heavy atom. The van der Waals surface area contributed by atoms with Gasteiger partial charge < -0.3 is 14.9 Å². The molecule has 6 heteroatoms. The summed E-state index contributed by atoms with van der Waals surface area (Å²) >= 11 is 6.31. The molecule has 34 heavy (non-hydrogen) atoms. The fourth-order valence-corrected chi connectivity index (χ4v) is 5.15.